The van der Waals surface area contributed by atoms with Crippen molar-refractivity contribution >= 4 is 5.78 Å². The number of fused-ring (bicyclic) bond motifs is 2. The summed E-state index contributed by atoms with van der Waals surface area (Å²) in [5.41, 5.74) is 1.31. The van der Waals surface area contributed by atoms with E-state index >= 15 is 0 Å². The lowest BCUT2D eigenvalue weighted by Crippen LogP contribution is -2.44. The average molecular weight is 180 g/mol. The lowest BCUT2D eigenvalue weighted by Gasteiger charge is -2.44. The number of hydrogen-bond acceptors (Lipinski definition) is 2. The molecule has 0 aliphatic heterocycles. The van der Waals surface area contributed by atoms with Crippen molar-refractivity contribution in [2.75, 3.05) is 6.61 Å². The van der Waals surface area contributed by atoms with E-state index in [4.69, 9.17) is 0 Å². The van der Waals surface area contributed by atoms with E-state index in [1.165, 1.54) is 5.57 Å². The lowest BCUT2D eigenvalue weighted by molar-refractivity contribution is -0.129. The fourth-order valence-corrected chi connectivity index (χ4v) is 2.87. The van der Waals surface area contributed by atoms with Gasteiger partial charge in [0.05, 0.1) is 0 Å². The minimum absolute atomic E-state index is 0.0853. The third-order valence-electron chi connectivity index (χ3n) is 3.79. The van der Waals surface area contributed by atoms with E-state index < -0.39 is 0 Å². The van der Waals surface area contributed by atoms with Gasteiger partial charge in [-0.2, -0.15) is 0 Å². The molecule has 4 unspecified atom stereocenters. The summed E-state index contributed by atoms with van der Waals surface area (Å²) in [6, 6.07) is 0. The lowest BCUT2D eigenvalue weighted by atomic mass is 9.60. The summed E-state index contributed by atoms with van der Waals surface area (Å²) in [4.78, 5) is 11.5. The monoisotopic (exact) mass is 180 g/mol. The van der Waals surface area contributed by atoms with E-state index in [-0.39, 0.29) is 12.5 Å². The fraction of sp³-hybridized carbons (Fsp3) is 0.727. The molecule has 2 bridgehead atoms. The summed E-state index contributed by atoms with van der Waals surface area (Å²) >= 11 is 0. The Kier molecular flexibility index (Phi) is 2.03. The molecule has 0 amide bonds. The number of Topliss-reactive ketones (excluding diaryl/α,β-unsaturated/α-hetero) is 1. The molecule has 0 spiro atoms. The van der Waals surface area contributed by atoms with Crippen molar-refractivity contribution in [1.82, 2.24) is 0 Å². The second-order valence-electron chi connectivity index (χ2n) is 4.42. The van der Waals surface area contributed by atoms with Crippen LogP contribution in [0.25, 0.3) is 0 Å². The highest BCUT2D eigenvalue weighted by atomic mass is 16.3. The van der Waals surface area contributed by atoms with Gasteiger partial charge >= 0.3 is 0 Å². The Morgan fingerprint density at radius 1 is 1.62 bits per heavy atom. The first-order chi connectivity index (χ1) is 6.15. The van der Waals surface area contributed by atoms with Crippen LogP contribution in [0.3, 0.4) is 0 Å². The van der Waals surface area contributed by atoms with Crippen molar-refractivity contribution in [2.24, 2.45) is 23.7 Å². The number of hydrogen-bond donors (Lipinski definition) is 1. The van der Waals surface area contributed by atoms with Crippen LogP contribution in [0.2, 0.25) is 0 Å². The van der Waals surface area contributed by atoms with Crippen LogP contribution in [0.15, 0.2) is 11.6 Å². The van der Waals surface area contributed by atoms with Crippen LogP contribution in [0.5, 0.6) is 0 Å². The van der Waals surface area contributed by atoms with Gasteiger partial charge < -0.3 is 5.11 Å². The van der Waals surface area contributed by atoms with E-state index in [1.807, 2.05) is 0 Å². The third kappa shape index (κ3) is 1.16. The Hall–Kier alpha value is -0.630. The van der Waals surface area contributed by atoms with Crippen molar-refractivity contribution in [2.45, 2.75) is 20.3 Å². The first-order valence-corrected chi connectivity index (χ1v) is 4.97. The van der Waals surface area contributed by atoms with Crippen LogP contribution in [-0.2, 0) is 4.79 Å². The summed E-state index contributed by atoms with van der Waals surface area (Å²) in [5.74, 6) is 1.42. The van der Waals surface area contributed by atoms with Crippen LogP contribution in [-0.4, -0.2) is 17.5 Å². The molecule has 0 aromatic rings. The number of ketones is 1. The molecule has 2 heteroatoms. The molecule has 4 atom stereocenters. The molecule has 1 fully saturated rings. The number of rotatable bonds is 1. The zero-order chi connectivity index (χ0) is 9.59. The van der Waals surface area contributed by atoms with Crippen molar-refractivity contribution in [3.8, 4) is 0 Å². The van der Waals surface area contributed by atoms with Gasteiger partial charge in [0.2, 0.25) is 0 Å². The van der Waals surface area contributed by atoms with Gasteiger partial charge in [0.25, 0.3) is 0 Å². The average Bonchev–Trinajstić information content (AvgIpc) is 2.09. The summed E-state index contributed by atoms with van der Waals surface area (Å²) < 4.78 is 0. The third-order valence-corrected chi connectivity index (χ3v) is 3.79. The Morgan fingerprint density at radius 2 is 2.31 bits per heavy atom. The maximum absolute atomic E-state index is 11.5. The molecule has 1 saturated carbocycles. The van der Waals surface area contributed by atoms with Gasteiger partial charge in [-0.15, -0.1) is 0 Å². The largest absolute Gasteiger partial charge is 0.396 e. The predicted molar refractivity (Wildman–Crippen MR) is 50.1 cm³/mol. The van der Waals surface area contributed by atoms with Gasteiger partial charge in [-0.25, -0.2) is 0 Å². The molecule has 13 heavy (non-hydrogen) atoms. The van der Waals surface area contributed by atoms with E-state index in [1.54, 1.807) is 0 Å². The number of carbonyl (C=O) groups excluding carboxylic acids is 1. The van der Waals surface area contributed by atoms with E-state index in [0.29, 0.717) is 30.0 Å². The molecule has 0 aromatic carbocycles. The highest BCUT2D eigenvalue weighted by Gasteiger charge is 2.44. The predicted octanol–water partition coefficient (Wildman–Crippen LogP) is 1.40. The molecule has 3 aliphatic carbocycles. The standard InChI is InChI=1S/C11H16O2/c1-6-3-9-7(2)10(5-12)8(6)4-11(9)13/h3,7-10,12H,4-5H2,1-2H3. The van der Waals surface area contributed by atoms with Gasteiger partial charge in [-0.3, -0.25) is 4.79 Å². The van der Waals surface area contributed by atoms with Gasteiger partial charge in [-0.05, 0) is 24.7 Å². The van der Waals surface area contributed by atoms with Crippen LogP contribution in [0, 0.1) is 23.7 Å². The van der Waals surface area contributed by atoms with E-state index in [9.17, 15) is 9.90 Å². The highest BCUT2D eigenvalue weighted by Crippen LogP contribution is 2.45. The molecule has 0 heterocycles. The number of carbonyl (C=O) groups is 1. The second-order valence-corrected chi connectivity index (χ2v) is 4.42. The van der Waals surface area contributed by atoms with Crippen molar-refractivity contribution in [3.05, 3.63) is 11.6 Å². The van der Waals surface area contributed by atoms with Gasteiger partial charge in [-0.1, -0.05) is 18.6 Å². The van der Waals surface area contributed by atoms with Crippen LogP contribution < -0.4 is 0 Å². The zero-order valence-corrected chi connectivity index (χ0v) is 8.16. The first-order valence-electron chi connectivity index (χ1n) is 4.97. The molecule has 3 rings (SSSR count). The zero-order valence-electron chi connectivity index (χ0n) is 8.16. The second kappa shape index (κ2) is 2.95. The number of aliphatic hydroxyl groups excluding tert-OH is 1. The molecular weight excluding hydrogens is 164 g/mol. The molecule has 2 nitrogen and oxygen atoms in total. The minimum Gasteiger partial charge on any atom is -0.396 e. The smallest absolute Gasteiger partial charge is 0.140 e. The maximum atomic E-state index is 11.5. The van der Waals surface area contributed by atoms with Crippen LogP contribution >= 0.6 is 0 Å². The first kappa shape index (κ1) is 8.95. The van der Waals surface area contributed by atoms with E-state index in [2.05, 4.69) is 19.9 Å². The van der Waals surface area contributed by atoms with Gasteiger partial charge in [0, 0.05) is 18.9 Å². The fourth-order valence-electron chi connectivity index (χ4n) is 2.87. The highest BCUT2D eigenvalue weighted by molar-refractivity contribution is 5.86. The molecule has 1 N–H and O–H groups in total. The Balaban J connectivity index is 2.35. The van der Waals surface area contributed by atoms with Crippen molar-refractivity contribution in [3.63, 3.8) is 0 Å². The van der Waals surface area contributed by atoms with Crippen molar-refractivity contribution in [1.29, 1.82) is 0 Å². The molecule has 72 valence electrons. The van der Waals surface area contributed by atoms with Gasteiger partial charge in [0.1, 0.15) is 5.78 Å². The Morgan fingerprint density at radius 3 is 2.92 bits per heavy atom. The quantitative estimate of drug-likeness (QED) is 0.619. The maximum Gasteiger partial charge on any atom is 0.140 e. The summed E-state index contributed by atoms with van der Waals surface area (Å²) in [5, 5.41) is 9.25. The van der Waals surface area contributed by atoms with Crippen LogP contribution in [0.1, 0.15) is 20.3 Å². The topological polar surface area (TPSA) is 37.3 Å². The summed E-state index contributed by atoms with van der Waals surface area (Å²) in [6.45, 7) is 4.39. The number of allylic oxidation sites excluding steroid dienone is 2. The molecule has 0 saturated heterocycles. The molecule has 0 radical (unpaired) electrons. The minimum atomic E-state index is 0.0853. The SMILES string of the molecule is CC1=CC2C(=O)CC1C(CO)C2C. The molecule has 0 aromatic heterocycles. The van der Waals surface area contributed by atoms with Crippen LogP contribution in [0.4, 0.5) is 0 Å². The van der Waals surface area contributed by atoms with E-state index in [0.717, 1.165) is 0 Å². The summed E-state index contributed by atoms with van der Waals surface area (Å²) in [6.07, 6.45) is 2.76. The number of aliphatic hydroxyl groups is 1. The normalized spacial score (nSPS) is 43.6. The molecule has 3 aliphatic rings. The Bertz CT molecular complexity index is 267. The summed E-state index contributed by atoms with van der Waals surface area (Å²) in [7, 11) is 0. The Labute approximate surface area is 78.6 Å². The van der Waals surface area contributed by atoms with Gasteiger partial charge in [0.15, 0.2) is 0 Å². The molecular formula is C11H16O2. The van der Waals surface area contributed by atoms with Crippen molar-refractivity contribution < 1.29 is 9.90 Å².